The highest BCUT2D eigenvalue weighted by molar-refractivity contribution is 5.23. The van der Waals surface area contributed by atoms with Crippen LogP contribution in [0.2, 0.25) is 0 Å². The molecule has 2 nitrogen and oxygen atoms in total. The maximum Gasteiger partial charge on any atom is 0.0120 e. The Morgan fingerprint density at radius 1 is 1.05 bits per heavy atom. The molecule has 0 aliphatic rings. The van der Waals surface area contributed by atoms with Crippen LogP contribution in [0.3, 0.4) is 0 Å². The van der Waals surface area contributed by atoms with E-state index in [9.17, 15) is 0 Å². The van der Waals surface area contributed by atoms with Crippen molar-refractivity contribution in [3.05, 3.63) is 35.4 Å². The Balaban J connectivity index is 2.53. The van der Waals surface area contributed by atoms with Gasteiger partial charge in [0.05, 0.1) is 0 Å². The smallest absolute Gasteiger partial charge is 0.0120 e. The summed E-state index contributed by atoms with van der Waals surface area (Å²) < 4.78 is 0. The van der Waals surface area contributed by atoms with Gasteiger partial charge in [-0.15, -0.1) is 0 Å². The van der Waals surface area contributed by atoms with Crippen LogP contribution in [0.4, 0.5) is 0 Å². The molecule has 1 aromatic carbocycles. The van der Waals surface area contributed by atoms with Gasteiger partial charge in [-0.3, -0.25) is 0 Å². The van der Waals surface area contributed by atoms with Gasteiger partial charge in [-0.25, -0.2) is 0 Å². The highest BCUT2D eigenvalue weighted by atomic mass is 15.1. The molecule has 0 bridgehead atoms. The predicted octanol–water partition coefficient (Wildman–Crippen LogP) is 3.11. The molecule has 0 aliphatic carbocycles. The van der Waals surface area contributed by atoms with Crippen molar-refractivity contribution in [3.63, 3.8) is 0 Å². The van der Waals surface area contributed by atoms with Gasteiger partial charge >= 0.3 is 0 Å². The first-order valence-electron chi connectivity index (χ1n) is 7.61. The van der Waals surface area contributed by atoms with Crippen molar-refractivity contribution in [1.82, 2.24) is 10.2 Å². The van der Waals surface area contributed by atoms with Crippen molar-refractivity contribution in [2.45, 2.75) is 45.6 Å². The van der Waals surface area contributed by atoms with E-state index >= 15 is 0 Å². The normalized spacial score (nSPS) is 12.9. The SMILES string of the molecule is CCCNC(CCN(C)C)Cc1ccc(CC)cc1. The number of aryl methyl sites for hydroxylation is 1. The van der Waals surface area contributed by atoms with Gasteiger partial charge in [0.25, 0.3) is 0 Å². The Labute approximate surface area is 119 Å². The van der Waals surface area contributed by atoms with E-state index in [-0.39, 0.29) is 0 Å². The summed E-state index contributed by atoms with van der Waals surface area (Å²) in [7, 11) is 4.29. The first-order valence-corrected chi connectivity index (χ1v) is 7.61. The van der Waals surface area contributed by atoms with Gasteiger partial charge in [0.15, 0.2) is 0 Å². The van der Waals surface area contributed by atoms with E-state index < -0.39 is 0 Å². The molecule has 1 atom stereocenters. The zero-order valence-corrected chi connectivity index (χ0v) is 13.1. The van der Waals surface area contributed by atoms with Crippen molar-refractivity contribution < 1.29 is 0 Å². The molecule has 0 amide bonds. The fourth-order valence-corrected chi connectivity index (χ4v) is 2.23. The van der Waals surface area contributed by atoms with E-state index in [2.05, 4.69) is 62.4 Å². The molecule has 19 heavy (non-hydrogen) atoms. The van der Waals surface area contributed by atoms with E-state index in [0.717, 1.165) is 25.9 Å². The minimum Gasteiger partial charge on any atom is -0.314 e. The molecule has 0 saturated heterocycles. The quantitative estimate of drug-likeness (QED) is 0.735. The van der Waals surface area contributed by atoms with Gasteiger partial charge in [0, 0.05) is 6.04 Å². The molecular weight excluding hydrogens is 232 g/mol. The minimum absolute atomic E-state index is 0.592. The van der Waals surface area contributed by atoms with Crippen LogP contribution in [0.1, 0.15) is 37.8 Å². The second-order valence-electron chi connectivity index (χ2n) is 5.62. The number of hydrogen-bond acceptors (Lipinski definition) is 2. The van der Waals surface area contributed by atoms with Crippen molar-refractivity contribution in [2.75, 3.05) is 27.2 Å². The molecule has 2 heteroatoms. The fourth-order valence-electron chi connectivity index (χ4n) is 2.23. The molecule has 0 fully saturated rings. The van der Waals surface area contributed by atoms with Gasteiger partial charge in [-0.1, -0.05) is 38.1 Å². The Morgan fingerprint density at radius 2 is 1.68 bits per heavy atom. The average molecular weight is 262 g/mol. The lowest BCUT2D eigenvalue weighted by Crippen LogP contribution is -2.34. The first-order chi connectivity index (χ1) is 9.15. The lowest BCUT2D eigenvalue weighted by atomic mass is 10.0. The molecule has 0 saturated carbocycles. The first kappa shape index (κ1) is 16.2. The van der Waals surface area contributed by atoms with Gasteiger partial charge in [-0.05, 0) is 64.0 Å². The second-order valence-corrected chi connectivity index (χ2v) is 5.62. The summed E-state index contributed by atoms with van der Waals surface area (Å²) in [4.78, 5) is 2.26. The van der Waals surface area contributed by atoms with E-state index in [1.165, 1.54) is 24.0 Å². The zero-order chi connectivity index (χ0) is 14.1. The fraction of sp³-hybridized carbons (Fsp3) is 0.647. The zero-order valence-electron chi connectivity index (χ0n) is 13.1. The van der Waals surface area contributed by atoms with Crippen molar-refractivity contribution in [2.24, 2.45) is 0 Å². The van der Waals surface area contributed by atoms with Crippen LogP contribution in [0.15, 0.2) is 24.3 Å². The largest absolute Gasteiger partial charge is 0.314 e. The summed E-state index contributed by atoms with van der Waals surface area (Å²) in [5.41, 5.74) is 2.87. The highest BCUT2D eigenvalue weighted by Crippen LogP contribution is 2.09. The molecule has 1 rings (SSSR count). The highest BCUT2D eigenvalue weighted by Gasteiger charge is 2.09. The van der Waals surface area contributed by atoms with Gasteiger partial charge in [-0.2, -0.15) is 0 Å². The number of rotatable bonds is 9. The summed E-state index contributed by atoms with van der Waals surface area (Å²) >= 11 is 0. The average Bonchev–Trinajstić information content (AvgIpc) is 2.42. The topological polar surface area (TPSA) is 15.3 Å². The molecule has 0 spiro atoms. The van der Waals surface area contributed by atoms with Crippen LogP contribution in [-0.4, -0.2) is 38.1 Å². The van der Waals surface area contributed by atoms with E-state index in [0.29, 0.717) is 6.04 Å². The van der Waals surface area contributed by atoms with Crippen LogP contribution in [-0.2, 0) is 12.8 Å². The van der Waals surface area contributed by atoms with Gasteiger partial charge in [0.2, 0.25) is 0 Å². The van der Waals surface area contributed by atoms with E-state index in [1.54, 1.807) is 0 Å². The lowest BCUT2D eigenvalue weighted by molar-refractivity contribution is 0.356. The second kappa shape index (κ2) is 9.11. The summed E-state index contributed by atoms with van der Waals surface area (Å²) in [5.74, 6) is 0. The van der Waals surface area contributed by atoms with E-state index in [1.807, 2.05) is 0 Å². The molecular formula is C17H30N2. The molecule has 1 aromatic rings. The summed E-state index contributed by atoms with van der Waals surface area (Å²) in [6, 6.07) is 9.69. The van der Waals surface area contributed by atoms with Crippen molar-refractivity contribution in [1.29, 1.82) is 0 Å². The maximum atomic E-state index is 3.68. The number of nitrogens with one attached hydrogen (secondary N) is 1. The standard InChI is InChI=1S/C17H30N2/c1-5-12-18-17(11-13-19(3)4)14-16-9-7-15(6-2)8-10-16/h7-10,17-18H,5-6,11-14H2,1-4H3. The number of hydrogen-bond donors (Lipinski definition) is 1. The third kappa shape index (κ3) is 6.74. The Hall–Kier alpha value is -0.860. The minimum atomic E-state index is 0.592. The molecule has 0 aliphatic heterocycles. The van der Waals surface area contributed by atoms with Gasteiger partial charge in [0.1, 0.15) is 0 Å². The van der Waals surface area contributed by atoms with Crippen LogP contribution in [0.5, 0.6) is 0 Å². The molecule has 1 N–H and O–H groups in total. The molecule has 1 unspecified atom stereocenters. The maximum absolute atomic E-state index is 3.68. The molecule has 108 valence electrons. The van der Waals surface area contributed by atoms with Crippen LogP contribution >= 0.6 is 0 Å². The van der Waals surface area contributed by atoms with Crippen LogP contribution < -0.4 is 5.32 Å². The van der Waals surface area contributed by atoms with Crippen molar-refractivity contribution >= 4 is 0 Å². The monoisotopic (exact) mass is 262 g/mol. The molecule has 0 heterocycles. The Kier molecular flexibility index (Phi) is 7.76. The lowest BCUT2D eigenvalue weighted by Gasteiger charge is -2.21. The summed E-state index contributed by atoms with van der Waals surface area (Å²) in [6.45, 7) is 6.70. The van der Waals surface area contributed by atoms with E-state index in [4.69, 9.17) is 0 Å². The third-order valence-corrected chi connectivity index (χ3v) is 3.52. The third-order valence-electron chi connectivity index (χ3n) is 3.52. The summed E-state index contributed by atoms with van der Waals surface area (Å²) in [5, 5.41) is 3.68. The van der Waals surface area contributed by atoms with Gasteiger partial charge < -0.3 is 10.2 Å². The predicted molar refractivity (Wildman–Crippen MR) is 84.8 cm³/mol. The van der Waals surface area contributed by atoms with Crippen molar-refractivity contribution in [3.8, 4) is 0 Å². The molecule has 0 radical (unpaired) electrons. The van der Waals surface area contributed by atoms with Crippen LogP contribution in [0.25, 0.3) is 0 Å². The Bertz CT molecular complexity index is 330. The number of benzene rings is 1. The van der Waals surface area contributed by atoms with Crippen LogP contribution in [0, 0.1) is 0 Å². The number of nitrogens with zero attached hydrogens (tertiary/aromatic N) is 1. The molecule has 0 aromatic heterocycles. The summed E-state index contributed by atoms with van der Waals surface area (Å²) in [6.07, 6.45) is 4.67. The Morgan fingerprint density at radius 3 is 2.21 bits per heavy atom.